The predicted octanol–water partition coefficient (Wildman–Crippen LogP) is 1.06. The number of hydrogen-bond donors (Lipinski definition) is 4. The Balaban J connectivity index is 0. The van der Waals surface area contributed by atoms with Crippen molar-refractivity contribution in [2.75, 3.05) is 0 Å². The summed E-state index contributed by atoms with van der Waals surface area (Å²) in [7, 11) is 0. The van der Waals surface area contributed by atoms with E-state index in [0.717, 1.165) is 0 Å². The summed E-state index contributed by atoms with van der Waals surface area (Å²) in [6, 6.07) is 0. The number of hydrogen-bond acceptors (Lipinski definition) is 4. The van der Waals surface area contributed by atoms with Crippen LogP contribution in [0, 0.1) is 5.92 Å². The fraction of sp³-hybridized carbons (Fsp3) is 0.818. The molecule has 0 saturated heterocycles. The Morgan fingerprint density at radius 1 is 0.941 bits per heavy atom. The number of aliphatic hydroxyl groups excluding tert-OH is 1. The minimum atomic E-state index is -1.13. The van der Waals surface area contributed by atoms with Gasteiger partial charge in [-0.15, -0.1) is 0 Å². The van der Waals surface area contributed by atoms with Gasteiger partial charge in [-0.2, -0.15) is 0 Å². The Bertz CT molecular complexity index is 190. The summed E-state index contributed by atoms with van der Waals surface area (Å²) < 4.78 is 0. The molecule has 102 valence electrons. The molecule has 0 bridgehead atoms. The summed E-state index contributed by atoms with van der Waals surface area (Å²) in [6.07, 6.45) is 0.365. The van der Waals surface area contributed by atoms with Gasteiger partial charge >= 0.3 is 11.9 Å². The van der Waals surface area contributed by atoms with E-state index in [2.05, 4.69) is 0 Å². The highest BCUT2D eigenvalue weighted by atomic mass is 16.5. The zero-order valence-electron chi connectivity index (χ0n) is 10.3. The SMILES string of the molecule is CC(C)CC(O)O.O=C(O)CCCCC(=O)O. The number of carbonyl (C=O) groups is 2. The number of carboxylic acid groups (broad SMARTS) is 2. The Hall–Kier alpha value is -1.14. The number of carboxylic acids is 2. The Morgan fingerprint density at radius 3 is 1.41 bits per heavy atom. The summed E-state index contributed by atoms with van der Waals surface area (Å²) in [6.45, 7) is 3.89. The molecule has 0 aromatic rings. The third-order valence-electron chi connectivity index (χ3n) is 1.71. The first-order valence-electron chi connectivity index (χ1n) is 5.55. The summed E-state index contributed by atoms with van der Waals surface area (Å²) in [5, 5.41) is 32.8. The molecule has 0 spiro atoms. The smallest absolute Gasteiger partial charge is 0.303 e. The van der Waals surface area contributed by atoms with Crippen LogP contribution >= 0.6 is 0 Å². The van der Waals surface area contributed by atoms with Crippen molar-refractivity contribution in [2.45, 2.75) is 52.2 Å². The molecule has 0 atom stereocenters. The van der Waals surface area contributed by atoms with Gasteiger partial charge in [-0.05, 0) is 18.8 Å². The van der Waals surface area contributed by atoms with Crippen molar-refractivity contribution in [3.05, 3.63) is 0 Å². The molecule has 4 N–H and O–H groups in total. The van der Waals surface area contributed by atoms with E-state index >= 15 is 0 Å². The van der Waals surface area contributed by atoms with Crippen LogP contribution in [-0.4, -0.2) is 38.7 Å². The molecule has 0 heterocycles. The highest BCUT2D eigenvalue weighted by Crippen LogP contribution is 2.00. The first kappa shape index (κ1) is 18.2. The molecule has 0 amide bonds. The lowest BCUT2D eigenvalue weighted by atomic mass is 10.1. The van der Waals surface area contributed by atoms with Crippen molar-refractivity contribution < 1.29 is 30.0 Å². The Kier molecular flexibility index (Phi) is 12.2. The Morgan fingerprint density at radius 2 is 1.29 bits per heavy atom. The minimum Gasteiger partial charge on any atom is -0.481 e. The van der Waals surface area contributed by atoms with Crippen LogP contribution in [0.25, 0.3) is 0 Å². The van der Waals surface area contributed by atoms with E-state index in [0.29, 0.717) is 25.2 Å². The molecular formula is C11H22O6. The summed E-state index contributed by atoms with van der Waals surface area (Å²) in [4.78, 5) is 19.8. The fourth-order valence-corrected chi connectivity index (χ4v) is 0.974. The Labute approximate surface area is 101 Å². The van der Waals surface area contributed by atoms with Gasteiger partial charge in [0.2, 0.25) is 0 Å². The molecule has 0 aromatic heterocycles. The summed E-state index contributed by atoms with van der Waals surface area (Å²) >= 11 is 0. The first-order valence-corrected chi connectivity index (χ1v) is 5.55. The lowest BCUT2D eigenvalue weighted by molar-refractivity contribution is -0.139. The second kappa shape index (κ2) is 11.3. The van der Waals surface area contributed by atoms with E-state index in [-0.39, 0.29) is 12.8 Å². The van der Waals surface area contributed by atoms with E-state index in [4.69, 9.17) is 20.4 Å². The standard InChI is InChI=1S/C6H10O4.C5H12O2/c7-5(8)3-1-2-4-6(9)10;1-4(2)3-5(6)7/h1-4H2,(H,7,8)(H,9,10);4-7H,3H2,1-2H3. The molecule has 0 fully saturated rings. The van der Waals surface area contributed by atoms with Crippen molar-refractivity contribution in [2.24, 2.45) is 5.92 Å². The van der Waals surface area contributed by atoms with Crippen LogP contribution in [0.15, 0.2) is 0 Å². The van der Waals surface area contributed by atoms with Crippen LogP contribution in [0.1, 0.15) is 46.0 Å². The average molecular weight is 250 g/mol. The molecule has 0 aliphatic rings. The van der Waals surface area contributed by atoms with E-state index < -0.39 is 18.2 Å². The first-order chi connectivity index (χ1) is 7.75. The molecule has 0 rings (SSSR count). The summed E-state index contributed by atoms with van der Waals surface area (Å²) in [5.41, 5.74) is 0. The number of rotatable bonds is 7. The normalized spacial score (nSPS) is 10.0. The van der Waals surface area contributed by atoms with Crippen molar-refractivity contribution in [1.29, 1.82) is 0 Å². The van der Waals surface area contributed by atoms with Gasteiger partial charge in [-0.1, -0.05) is 13.8 Å². The number of aliphatic hydroxyl groups is 2. The molecule has 6 nitrogen and oxygen atoms in total. The van der Waals surface area contributed by atoms with E-state index in [1.54, 1.807) is 0 Å². The van der Waals surface area contributed by atoms with Gasteiger partial charge in [0.1, 0.15) is 0 Å². The van der Waals surface area contributed by atoms with E-state index in [9.17, 15) is 9.59 Å². The number of unbranched alkanes of at least 4 members (excludes halogenated alkanes) is 1. The lowest BCUT2D eigenvalue weighted by Gasteiger charge is -2.03. The molecule has 0 aliphatic carbocycles. The maximum atomic E-state index is 9.90. The van der Waals surface area contributed by atoms with Crippen LogP contribution in [0.2, 0.25) is 0 Å². The van der Waals surface area contributed by atoms with Gasteiger partial charge in [0.25, 0.3) is 0 Å². The maximum Gasteiger partial charge on any atom is 0.303 e. The van der Waals surface area contributed by atoms with Crippen LogP contribution < -0.4 is 0 Å². The second-order valence-electron chi connectivity index (χ2n) is 4.10. The zero-order valence-corrected chi connectivity index (χ0v) is 10.3. The molecular weight excluding hydrogens is 228 g/mol. The second-order valence-corrected chi connectivity index (χ2v) is 4.10. The molecule has 0 aromatic carbocycles. The maximum absolute atomic E-state index is 9.90. The van der Waals surface area contributed by atoms with Gasteiger partial charge in [-0.3, -0.25) is 9.59 Å². The molecule has 0 saturated carbocycles. The van der Waals surface area contributed by atoms with Crippen molar-refractivity contribution in [1.82, 2.24) is 0 Å². The van der Waals surface area contributed by atoms with E-state index in [1.807, 2.05) is 13.8 Å². The molecule has 6 heteroatoms. The molecule has 0 aliphatic heterocycles. The van der Waals surface area contributed by atoms with Gasteiger partial charge in [0, 0.05) is 19.3 Å². The van der Waals surface area contributed by atoms with Gasteiger partial charge in [-0.25, -0.2) is 0 Å². The largest absolute Gasteiger partial charge is 0.481 e. The van der Waals surface area contributed by atoms with Crippen LogP contribution in [0.5, 0.6) is 0 Å². The van der Waals surface area contributed by atoms with Gasteiger partial charge < -0.3 is 20.4 Å². The predicted molar refractivity (Wildman–Crippen MR) is 61.4 cm³/mol. The van der Waals surface area contributed by atoms with Gasteiger partial charge in [0.15, 0.2) is 6.29 Å². The van der Waals surface area contributed by atoms with Gasteiger partial charge in [0.05, 0.1) is 0 Å². The van der Waals surface area contributed by atoms with Crippen LogP contribution in [-0.2, 0) is 9.59 Å². The fourth-order valence-electron chi connectivity index (χ4n) is 0.974. The van der Waals surface area contributed by atoms with E-state index in [1.165, 1.54) is 0 Å². The van der Waals surface area contributed by atoms with Crippen LogP contribution in [0.4, 0.5) is 0 Å². The zero-order chi connectivity index (χ0) is 13.8. The van der Waals surface area contributed by atoms with Crippen molar-refractivity contribution in [3.63, 3.8) is 0 Å². The molecule has 0 radical (unpaired) electrons. The average Bonchev–Trinajstić information content (AvgIpc) is 2.10. The minimum absolute atomic E-state index is 0.0628. The topological polar surface area (TPSA) is 115 Å². The van der Waals surface area contributed by atoms with Crippen molar-refractivity contribution >= 4 is 11.9 Å². The lowest BCUT2D eigenvalue weighted by Crippen LogP contribution is -2.07. The monoisotopic (exact) mass is 250 g/mol. The highest BCUT2D eigenvalue weighted by Gasteiger charge is 1.99. The highest BCUT2D eigenvalue weighted by molar-refractivity contribution is 5.67. The molecule has 17 heavy (non-hydrogen) atoms. The third kappa shape index (κ3) is 25.3. The summed E-state index contributed by atoms with van der Waals surface area (Å²) in [5.74, 6) is -1.37. The van der Waals surface area contributed by atoms with Crippen LogP contribution in [0.3, 0.4) is 0 Å². The quantitative estimate of drug-likeness (QED) is 0.396. The number of aliphatic carboxylic acids is 2. The van der Waals surface area contributed by atoms with Crippen molar-refractivity contribution in [3.8, 4) is 0 Å². The third-order valence-corrected chi connectivity index (χ3v) is 1.71. The molecule has 0 unspecified atom stereocenters.